The van der Waals surface area contributed by atoms with Crippen molar-refractivity contribution >= 4 is 5.69 Å². The monoisotopic (exact) mass is 267 g/mol. The van der Waals surface area contributed by atoms with Gasteiger partial charge in [0.25, 0.3) is 0 Å². The van der Waals surface area contributed by atoms with Crippen LogP contribution in [0.1, 0.15) is 23.1 Å². The van der Waals surface area contributed by atoms with E-state index in [9.17, 15) is 0 Å². The number of anilines is 1. The second-order valence-corrected chi connectivity index (χ2v) is 5.55. The van der Waals surface area contributed by atoms with Gasteiger partial charge in [0.15, 0.2) is 0 Å². The van der Waals surface area contributed by atoms with Crippen LogP contribution < -0.4 is 5.32 Å². The Morgan fingerprint density at radius 2 is 1.75 bits per heavy atom. The van der Waals surface area contributed by atoms with Gasteiger partial charge in [0.1, 0.15) is 0 Å². The SMILES string of the molecule is OCCCc1cccc(NC2Cc3ccccc3C2)c1. The van der Waals surface area contributed by atoms with Gasteiger partial charge in [0, 0.05) is 18.3 Å². The molecule has 104 valence electrons. The summed E-state index contributed by atoms with van der Waals surface area (Å²) in [6, 6.07) is 17.8. The van der Waals surface area contributed by atoms with E-state index >= 15 is 0 Å². The maximum absolute atomic E-state index is 8.91. The molecule has 2 N–H and O–H groups in total. The summed E-state index contributed by atoms with van der Waals surface area (Å²) in [5, 5.41) is 12.6. The van der Waals surface area contributed by atoms with Crippen molar-refractivity contribution in [3.8, 4) is 0 Å². The Labute approximate surface area is 120 Å². The number of aliphatic hydroxyl groups is 1. The molecule has 0 aromatic heterocycles. The molecule has 3 rings (SSSR count). The zero-order valence-corrected chi connectivity index (χ0v) is 11.7. The van der Waals surface area contributed by atoms with Crippen molar-refractivity contribution in [2.24, 2.45) is 0 Å². The van der Waals surface area contributed by atoms with E-state index < -0.39 is 0 Å². The highest BCUT2D eigenvalue weighted by atomic mass is 16.2. The van der Waals surface area contributed by atoms with Crippen molar-refractivity contribution in [3.63, 3.8) is 0 Å². The molecule has 0 unspecified atom stereocenters. The number of benzene rings is 2. The zero-order chi connectivity index (χ0) is 13.8. The van der Waals surface area contributed by atoms with Crippen LogP contribution in [0.5, 0.6) is 0 Å². The van der Waals surface area contributed by atoms with E-state index in [0.717, 1.165) is 25.7 Å². The highest BCUT2D eigenvalue weighted by molar-refractivity contribution is 5.48. The third kappa shape index (κ3) is 3.02. The van der Waals surface area contributed by atoms with Crippen LogP contribution in [0.2, 0.25) is 0 Å². The summed E-state index contributed by atoms with van der Waals surface area (Å²) in [5.41, 5.74) is 5.43. The van der Waals surface area contributed by atoms with Gasteiger partial charge in [0.05, 0.1) is 0 Å². The second kappa shape index (κ2) is 6.10. The lowest BCUT2D eigenvalue weighted by Gasteiger charge is -2.14. The van der Waals surface area contributed by atoms with Crippen LogP contribution in [-0.2, 0) is 19.3 Å². The number of aryl methyl sites for hydroxylation is 1. The zero-order valence-electron chi connectivity index (χ0n) is 11.7. The van der Waals surface area contributed by atoms with E-state index in [1.165, 1.54) is 22.4 Å². The fourth-order valence-corrected chi connectivity index (χ4v) is 3.00. The van der Waals surface area contributed by atoms with E-state index in [1.807, 2.05) is 0 Å². The Kier molecular flexibility index (Phi) is 4.03. The molecule has 0 spiro atoms. The molecule has 0 radical (unpaired) electrons. The molecule has 0 amide bonds. The van der Waals surface area contributed by atoms with Gasteiger partial charge in [-0.2, -0.15) is 0 Å². The van der Waals surface area contributed by atoms with Crippen molar-refractivity contribution < 1.29 is 5.11 Å². The molecule has 2 nitrogen and oxygen atoms in total. The first-order chi connectivity index (χ1) is 9.85. The summed E-state index contributed by atoms with van der Waals surface area (Å²) in [4.78, 5) is 0. The largest absolute Gasteiger partial charge is 0.396 e. The standard InChI is InChI=1S/C18H21NO/c20-10-4-6-14-5-3-9-17(11-14)19-18-12-15-7-1-2-8-16(15)13-18/h1-3,5,7-9,11,18-20H,4,6,10,12-13H2. The van der Waals surface area contributed by atoms with E-state index in [0.29, 0.717) is 6.04 Å². The number of hydrogen-bond acceptors (Lipinski definition) is 2. The predicted octanol–water partition coefficient (Wildman–Crippen LogP) is 3.19. The first-order valence-electron chi connectivity index (χ1n) is 7.38. The molecular formula is C18H21NO. The van der Waals surface area contributed by atoms with E-state index in [-0.39, 0.29) is 6.61 Å². The Hall–Kier alpha value is -1.80. The summed E-state index contributed by atoms with van der Waals surface area (Å²) in [6.45, 7) is 0.260. The predicted molar refractivity (Wildman–Crippen MR) is 83.1 cm³/mol. The van der Waals surface area contributed by atoms with Gasteiger partial charge in [-0.15, -0.1) is 0 Å². The van der Waals surface area contributed by atoms with Crippen LogP contribution in [0.3, 0.4) is 0 Å². The third-order valence-electron chi connectivity index (χ3n) is 3.97. The van der Waals surface area contributed by atoms with Crippen molar-refractivity contribution in [2.75, 3.05) is 11.9 Å². The van der Waals surface area contributed by atoms with Gasteiger partial charge in [-0.05, 0) is 54.5 Å². The summed E-state index contributed by atoms with van der Waals surface area (Å²) in [6.07, 6.45) is 3.99. The molecule has 1 aliphatic carbocycles. The molecule has 2 heteroatoms. The van der Waals surface area contributed by atoms with Crippen molar-refractivity contribution in [1.29, 1.82) is 0 Å². The quantitative estimate of drug-likeness (QED) is 0.872. The molecule has 0 atom stereocenters. The number of nitrogens with one attached hydrogen (secondary N) is 1. The molecule has 2 aromatic rings. The first kappa shape index (κ1) is 13.2. The van der Waals surface area contributed by atoms with Crippen LogP contribution in [-0.4, -0.2) is 17.8 Å². The lowest BCUT2D eigenvalue weighted by Crippen LogP contribution is -2.19. The van der Waals surface area contributed by atoms with Gasteiger partial charge in [-0.25, -0.2) is 0 Å². The highest BCUT2D eigenvalue weighted by Gasteiger charge is 2.20. The summed E-state index contributed by atoms with van der Waals surface area (Å²) in [7, 11) is 0. The first-order valence-corrected chi connectivity index (χ1v) is 7.38. The Morgan fingerprint density at radius 1 is 1.00 bits per heavy atom. The molecule has 1 aliphatic rings. The number of rotatable bonds is 5. The maximum Gasteiger partial charge on any atom is 0.0434 e. The van der Waals surface area contributed by atoms with Gasteiger partial charge < -0.3 is 10.4 Å². The van der Waals surface area contributed by atoms with E-state index in [4.69, 9.17) is 5.11 Å². The minimum absolute atomic E-state index is 0.260. The number of fused-ring (bicyclic) bond motifs is 1. The van der Waals surface area contributed by atoms with Crippen molar-refractivity contribution in [3.05, 3.63) is 65.2 Å². The molecule has 20 heavy (non-hydrogen) atoms. The van der Waals surface area contributed by atoms with Crippen LogP contribution in [0.15, 0.2) is 48.5 Å². The van der Waals surface area contributed by atoms with Gasteiger partial charge >= 0.3 is 0 Å². The summed E-state index contributed by atoms with van der Waals surface area (Å²) >= 11 is 0. The van der Waals surface area contributed by atoms with E-state index in [2.05, 4.69) is 53.8 Å². The van der Waals surface area contributed by atoms with Crippen LogP contribution in [0.4, 0.5) is 5.69 Å². The molecule has 0 fully saturated rings. The highest BCUT2D eigenvalue weighted by Crippen LogP contribution is 2.24. The fraction of sp³-hybridized carbons (Fsp3) is 0.333. The Morgan fingerprint density at radius 3 is 2.45 bits per heavy atom. The normalized spacial score (nSPS) is 14.2. The molecular weight excluding hydrogens is 246 g/mol. The molecule has 0 saturated heterocycles. The minimum atomic E-state index is 0.260. The van der Waals surface area contributed by atoms with Gasteiger partial charge in [-0.1, -0.05) is 36.4 Å². The molecule has 0 saturated carbocycles. The third-order valence-corrected chi connectivity index (χ3v) is 3.97. The smallest absolute Gasteiger partial charge is 0.0434 e. The summed E-state index contributed by atoms with van der Waals surface area (Å²) in [5.74, 6) is 0. The van der Waals surface area contributed by atoms with Crippen LogP contribution in [0, 0.1) is 0 Å². The van der Waals surface area contributed by atoms with Gasteiger partial charge in [0.2, 0.25) is 0 Å². The average Bonchev–Trinajstić information content (AvgIpc) is 2.87. The van der Waals surface area contributed by atoms with Crippen LogP contribution >= 0.6 is 0 Å². The second-order valence-electron chi connectivity index (χ2n) is 5.55. The fourth-order valence-electron chi connectivity index (χ4n) is 3.00. The lowest BCUT2D eigenvalue weighted by molar-refractivity contribution is 0.288. The molecule has 0 bridgehead atoms. The van der Waals surface area contributed by atoms with Crippen molar-refractivity contribution in [1.82, 2.24) is 0 Å². The Balaban J connectivity index is 1.64. The maximum atomic E-state index is 8.91. The van der Waals surface area contributed by atoms with Crippen molar-refractivity contribution in [2.45, 2.75) is 31.7 Å². The van der Waals surface area contributed by atoms with Crippen LogP contribution in [0.25, 0.3) is 0 Å². The molecule has 0 heterocycles. The topological polar surface area (TPSA) is 32.3 Å². The molecule has 2 aromatic carbocycles. The number of aliphatic hydroxyl groups excluding tert-OH is 1. The molecule has 0 aliphatic heterocycles. The van der Waals surface area contributed by atoms with Gasteiger partial charge in [-0.3, -0.25) is 0 Å². The number of hydrogen-bond donors (Lipinski definition) is 2. The summed E-state index contributed by atoms with van der Waals surface area (Å²) < 4.78 is 0. The average molecular weight is 267 g/mol. The minimum Gasteiger partial charge on any atom is -0.396 e. The Bertz CT molecular complexity index is 554. The van der Waals surface area contributed by atoms with E-state index in [1.54, 1.807) is 0 Å². The lowest BCUT2D eigenvalue weighted by atomic mass is 10.1.